The number of aromatic nitrogens is 2. The van der Waals surface area contributed by atoms with E-state index in [0.29, 0.717) is 18.9 Å². The van der Waals surface area contributed by atoms with E-state index in [0.717, 1.165) is 31.9 Å². The summed E-state index contributed by atoms with van der Waals surface area (Å²) in [6.07, 6.45) is 7.82. The number of hydrogen-bond acceptors (Lipinski definition) is 3. The van der Waals surface area contributed by atoms with Crippen molar-refractivity contribution < 1.29 is 4.79 Å². The van der Waals surface area contributed by atoms with Crippen molar-refractivity contribution in [2.24, 2.45) is 5.92 Å². The molecule has 134 valence electrons. The molecule has 0 unspecified atom stereocenters. The van der Waals surface area contributed by atoms with Crippen LogP contribution in [0.4, 0.5) is 0 Å². The van der Waals surface area contributed by atoms with Crippen molar-refractivity contribution in [2.45, 2.75) is 38.8 Å². The Morgan fingerprint density at radius 1 is 1.28 bits per heavy atom. The van der Waals surface area contributed by atoms with Crippen LogP contribution in [0.25, 0.3) is 0 Å². The van der Waals surface area contributed by atoms with E-state index >= 15 is 0 Å². The number of nitrogens with zero attached hydrogens (tertiary/aromatic N) is 3. The lowest BCUT2D eigenvalue weighted by Gasteiger charge is -2.23. The maximum absolute atomic E-state index is 12.5. The van der Waals surface area contributed by atoms with Crippen LogP contribution < -0.4 is 5.32 Å². The molecule has 3 rings (SSSR count). The molecule has 1 fully saturated rings. The fraction of sp³-hybridized carbons (Fsp3) is 0.500. The Morgan fingerprint density at radius 3 is 2.80 bits per heavy atom. The molecular weight excluding hydrogens is 312 g/mol. The number of carbonyl (C=O) groups is 1. The van der Waals surface area contributed by atoms with E-state index in [-0.39, 0.29) is 5.91 Å². The second kappa shape index (κ2) is 8.81. The molecule has 25 heavy (non-hydrogen) atoms. The van der Waals surface area contributed by atoms with Gasteiger partial charge in [0.1, 0.15) is 5.82 Å². The zero-order valence-electron chi connectivity index (χ0n) is 15.0. The summed E-state index contributed by atoms with van der Waals surface area (Å²) in [6.45, 7) is 3.52. The van der Waals surface area contributed by atoms with Crippen LogP contribution in [0.2, 0.25) is 0 Å². The molecule has 1 aliphatic rings. The molecule has 0 spiro atoms. The monoisotopic (exact) mass is 340 g/mol. The standard InChI is InChI=1S/C20H28N4O/c1-23(20(25)8-7-17-9-11-21-12-10-17)16-19-22-13-14-24(19)15-18-5-3-2-4-6-18/h2-6,13-14,17,21H,7-12,15-16H2,1H3. The number of nitrogens with one attached hydrogen (secondary N) is 1. The van der Waals surface area contributed by atoms with Crippen LogP contribution in [-0.2, 0) is 17.9 Å². The zero-order valence-corrected chi connectivity index (χ0v) is 15.0. The Morgan fingerprint density at radius 2 is 2.04 bits per heavy atom. The maximum Gasteiger partial charge on any atom is 0.222 e. The highest BCUT2D eigenvalue weighted by Crippen LogP contribution is 2.18. The van der Waals surface area contributed by atoms with Crippen LogP contribution in [0.15, 0.2) is 42.7 Å². The third-order valence-electron chi connectivity index (χ3n) is 5.03. The second-order valence-corrected chi connectivity index (χ2v) is 6.94. The molecule has 1 aliphatic heterocycles. The number of imidazole rings is 1. The van der Waals surface area contributed by atoms with Gasteiger partial charge in [0.25, 0.3) is 0 Å². The summed E-state index contributed by atoms with van der Waals surface area (Å²) < 4.78 is 2.12. The van der Waals surface area contributed by atoms with Gasteiger partial charge in [-0.3, -0.25) is 4.79 Å². The quantitative estimate of drug-likeness (QED) is 0.843. The predicted molar refractivity (Wildman–Crippen MR) is 99.1 cm³/mol. The van der Waals surface area contributed by atoms with Gasteiger partial charge in [0, 0.05) is 32.4 Å². The van der Waals surface area contributed by atoms with Gasteiger partial charge in [0.05, 0.1) is 6.54 Å². The van der Waals surface area contributed by atoms with Crippen molar-refractivity contribution in [3.05, 3.63) is 54.1 Å². The minimum absolute atomic E-state index is 0.216. The number of benzene rings is 1. The Balaban J connectivity index is 1.51. The molecule has 1 aromatic carbocycles. The van der Waals surface area contributed by atoms with Gasteiger partial charge in [-0.25, -0.2) is 4.98 Å². The SMILES string of the molecule is CN(Cc1nccn1Cc1ccccc1)C(=O)CCC1CCNCC1. The lowest BCUT2D eigenvalue weighted by molar-refractivity contribution is -0.130. The van der Waals surface area contributed by atoms with E-state index < -0.39 is 0 Å². The summed E-state index contributed by atoms with van der Waals surface area (Å²) in [7, 11) is 1.88. The number of rotatable bonds is 7. The van der Waals surface area contributed by atoms with Crippen molar-refractivity contribution in [3.8, 4) is 0 Å². The molecule has 1 N–H and O–H groups in total. The van der Waals surface area contributed by atoms with Crippen LogP contribution in [0.3, 0.4) is 0 Å². The van der Waals surface area contributed by atoms with E-state index in [1.807, 2.05) is 42.5 Å². The number of carbonyl (C=O) groups excluding carboxylic acids is 1. The van der Waals surface area contributed by atoms with Gasteiger partial charge < -0.3 is 14.8 Å². The van der Waals surface area contributed by atoms with Crippen LogP contribution >= 0.6 is 0 Å². The predicted octanol–water partition coefficient (Wildman–Crippen LogP) is 2.67. The normalized spacial score (nSPS) is 15.2. The van der Waals surface area contributed by atoms with Gasteiger partial charge in [-0.1, -0.05) is 30.3 Å². The first-order chi connectivity index (χ1) is 12.2. The first-order valence-electron chi connectivity index (χ1n) is 9.21. The van der Waals surface area contributed by atoms with Crippen molar-refractivity contribution in [1.82, 2.24) is 19.8 Å². The number of amides is 1. The van der Waals surface area contributed by atoms with Crippen LogP contribution in [0.5, 0.6) is 0 Å². The fourth-order valence-corrected chi connectivity index (χ4v) is 3.40. The lowest BCUT2D eigenvalue weighted by atomic mass is 9.93. The van der Waals surface area contributed by atoms with Crippen LogP contribution in [-0.4, -0.2) is 40.5 Å². The van der Waals surface area contributed by atoms with E-state index in [1.54, 1.807) is 0 Å². The number of piperidine rings is 1. The highest BCUT2D eigenvalue weighted by atomic mass is 16.2. The minimum atomic E-state index is 0.216. The van der Waals surface area contributed by atoms with Crippen LogP contribution in [0, 0.1) is 5.92 Å². The average molecular weight is 340 g/mol. The molecule has 2 heterocycles. The minimum Gasteiger partial charge on any atom is -0.338 e. The molecule has 0 saturated carbocycles. The van der Waals surface area contributed by atoms with Gasteiger partial charge in [-0.15, -0.1) is 0 Å². The summed E-state index contributed by atoms with van der Waals surface area (Å²) >= 11 is 0. The molecule has 0 bridgehead atoms. The first kappa shape index (κ1) is 17.7. The second-order valence-electron chi connectivity index (χ2n) is 6.94. The van der Waals surface area contributed by atoms with E-state index in [1.165, 1.54) is 18.4 Å². The molecule has 1 amide bonds. The lowest BCUT2D eigenvalue weighted by Crippen LogP contribution is -2.30. The summed E-state index contributed by atoms with van der Waals surface area (Å²) in [5.74, 6) is 1.84. The summed E-state index contributed by atoms with van der Waals surface area (Å²) in [6, 6.07) is 10.3. The Labute approximate surface area is 150 Å². The molecule has 0 radical (unpaired) electrons. The summed E-state index contributed by atoms with van der Waals surface area (Å²) in [5, 5.41) is 3.37. The largest absolute Gasteiger partial charge is 0.338 e. The summed E-state index contributed by atoms with van der Waals surface area (Å²) in [5.41, 5.74) is 1.24. The fourth-order valence-electron chi connectivity index (χ4n) is 3.40. The average Bonchev–Trinajstić information content (AvgIpc) is 3.08. The van der Waals surface area contributed by atoms with Gasteiger partial charge in [0.15, 0.2) is 0 Å². The summed E-state index contributed by atoms with van der Waals surface area (Å²) in [4.78, 5) is 18.7. The van der Waals surface area contributed by atoms with Crippen molar-refractivity contribution in [3.63, 3.8) is 0 Å². The van der Waals surface area contributed by atoms with Crippen molar-refractivity contribution >= 4 is 5.91 Å². The van der Waals surface area contributed by atoms with Gasteiger partial charge in [-0.2, -0.15) is 0 Å². The van der Waals surface area contributed by atoms with E-state index in [2.05, 4.69) is 27.0 Å². The van der Waals surface area contributed by atoms with E-state index in [9.17, 15) is 4.79 Å². The molecule has 5 nitrogen and oxygen atoms in total. The third-order valence-corrected chi connectivity index (χ3v) is 5.03. The Hall–Kier alpha value is -2.14. The Kier molecular flexibility index (Phi) is 6.23. The van der Waals surface area contributed by atoms with Gasteiger partial charge >= 0.3 is 0 Å². The smallest absolute Gasteiger partial charge is 0.222 e. The first-order valence-corrected chi connectivity index (χ1v) is 9.21. The molecule has 0 aliphatic carbocycles. The molecule has 5 heteroatoms. The van der Waals surface area contributed by atoms with Crippen molar-refractivity contribution in [1.29, 1.82) is 0 Å². The van der Waals surface area contributed by atoms with E-state index in [4.69, 9.17) is 0 Å². The third kappa shape index (κ3) is 5.16. The molecule has 1 aromatic heterocycles. The molecule has 0 atom stereocenters. The molecule has 1 saturated heterocycles. The number of hydrogen-bond donors (Lipinski definition) is 1. The Bertz CT molecular complexity index is 661. The zero-order chi connectivity index (χ0) is 17.5. The van der Waals surface area contributed by atoms with Crippen molar-refractivity contribution in [2.75, 3.05) is 20.1 Å². The highest BCUT2D eigenvalue weighted by Gasteiger charge is 2.17. The van der Waals surface area contributed by atoms with Gasteiger partial charge in [-0.05, 0) is 43.8 Å². The maximum atomic E-state index is 12.5. The topological polar surface area (TPSA) is 50.2 Å². The van der Waals surface area contributed by atoms with Gasteiger partial charge in [0.2, 0.25) is 5.91 Å². The molecular formula is C20H28N4O. The van der Waals surface area contributed by atoms with Crippen LogP contribution in [0.1, 0.15) is 37.1 Å². The molecule has 2 aromatic rings. The highest BCUT2D eigenvalue weighted by molar-refractivity contribution is 5.75.